The minimum absolute atomic E-state index is 0.237. The number of nitrogens with zero attached hydrogens (tertiary/aromatic N) is 3. The van der Waals surface area contributed by atoms with E-state index >= 15 is 0 Å². The highest BCUT2D eigenvalue weighted by atomic mass is 32.1. The molecule has 2 aliphatic heterocycles. The molecule has 0 N–H and O–H groups in total. The van der Waals surface area contributed by atoms with Crippen molar-refractivity contribution in [3.05, 3.63) is 34.7 Å². The molecule has 0 amide bonds. The third kappa shape index (κ3) is 4.17. The van der Waals surface area contributed by atoms with E-state index in [1.165, 1.54) is 47.5 Å². The van der Waals surface area contributed by atoms with Crippen molar-refractivity contribution >= 4 is 16.5 Å². The Morgan fingerprint density at radius 2 is 1.61 bits per heavy atom. The lowest BCUT2D eigenvalue weighted by Gasteiger charge is -2.42. The van der Waals surface area contributed by atoms with E-state index in [0.29, 0.717) is 6.04 Å². The van der Waals surface area contributed by atoms with E-state index in [2.05, 4.69) is 61.1 Å². The van der Waals surface area contributed by atoms with Gasteiger partial charge in [-0.15, -0.1) is 11.3 Å². The smallest absolute Gasteiger partial charge is 0.185 e. The maximum atomic E-state index is 5.52. The fourth-order valence-corrected chi connectivity index (χ4v) is 6.54. The maximum Gasteiger partial charge on any atom is 0.185 e. The number of morpholine rings is 1. The molecule has 168 valence electrons. The Bertz CT molecular complexity index is 920. The lowest BCUT2D eigenvalue weighted by atomic mass is 9.63. The number of anilines is 1. The highest BCUT2D eigenvalue weighted by Crippen LogP contribution is 2.47. The third-order valence-corrected chi connectivity index (χ3v) is 8.84. The Balaban J connectivity index is 1.31. The molecule has 0 unspecified atom stereocenters. The van der Waals surface area contributed by atoms with E-state index in [-0.39, 0.29) is 10.8 Å². The van der Waals surface area contributed by atoms with Crippen LogP contribution in [0.4, 0.5) is 5.13 Å². The summed E-state index contributed by atoms with van der Waals surface area (Å²) in [7, 11) is 0. The van der Waals surface area contributed by atoms with Gasteiger partial charge in [0.2, 0.25) is 0 Å². The van der Waals surface area contributed by atoms with E-state index in [0.717, 1.165) is 45.1 Å². The Kier molecular flexibility index (Phi) is 5.64. The number of hydrogen-bond acceptors (Lipinski definition) is 5. The Hall–Kier alpha value is -1.43. The second-order valence-electron chi connectivity index (χ2n) is 10.9. The van der Waals surface area contributed by atoms with Crippen LogP contribution in [0.1, 0.15) is 64.5 Å². The number of fused-ring (bicyclic) bond motifs is 1. The van der Waals surface area contributed by atoms with E-state index in [9.17, 15) is 0 Å². The summed E-state index contributed by atoms with van der Waals surface area (Å²) in [5.41, 5.74) is 5.95. The predicted octanol–water partition coefficient (Wildman–Crippen LogP) is 5.46. The van der Waals surface area contributed by atoms with Crippen LogP contribution in [0.5, 0.6) is 0 Å². The first-order valence-electron chi connectivity index (χ1n) is 12.0. The quantitative estimate of drug-likeness (QED) is 0.635. The Labute approximate surface area is 191 Å². The minimum atomic E-state index is 0.237. The van der Waals surface area contributed by atoms with Crippen molar-refractivity contribution < 1.29 is 4.74 Å². The first kappa shape index (κ1) is 21.4. The molecule has 2 aromatic rings. The molecule has 1 aliphatic carbocycles. The first-order valence-corrected chi connectivity index (χ1v) is 12.9. The van der Waals surface area contributed by atoms with Crippen molar-refractivity contribution in [3.8, 4) is 11.3 Å². The minimum Gasteiger partial charge on any atom is -0.379 e. The summed E-state index contributed by atoms with van der Waals surface area (Å²) in [5.74, 6) is 0. The molecule has 31 heavy (non-hydrogen) atoms. The predicted molar refractivity (Wildman–Crippen MR) is 130 cm³/mol. The molecule has 0 saturated carbocycles. The van der Waals surface area contributed by atoms with Crippen LogP contribution in [0.15, 0.2) is 23.6 Å². The van der Waals surface area contributed by atoms with Crippen molar-refractivity contribution in [3.63, 3.8) is 0 Å². The number of benzene rings is 1. The molecule has 0 radical (unpaired) electrons. The van der Waals surface area contributed by atoms with Gasteiger partial charge in [0.25, 0.3) is 0 Å². The lowest BCUT2D eigenvalue weighted by molar-refractivity contribution is 0.0115. The van der Waals surface area contributed by atoms with Crippen LogP contribution in [-0.2, 0) is 15.6 Å². The number of thiazole rings is 1. The molecule has 5 rings (SSSR count). The Morgan fingerprint density at radius 1 is 0.935 bits per heavy atom. The molecule has 0 bridgehead atoms. The molecular formula is C26H37N3OS. The van der Waals surface area contributed by atoms with Crippen molar-refractivity contribution in [2.45, 2.75) is 70.3 Å². The highest BCUT2D eigenvalue weighted by Gasteiger charge is 2.37. The largest absolute Gasteiger partial charge is 0.379 e. The van der Waals surface area contributed by atoms with Crippen molar-refractivity contribution in [1.29, 1.82) is 0 Å². The molecular weight excluding hydrogens is 402 g/mol. The molecule has 4 nitrogen and oxygen atoms in total. The van der Waals surface area contributed by atoms with Gasteiger partial charge in [-0.25, -0.2) is 4.98 Å². The fraction of sp³-hybridized carbons (Fsp3) is 0.654. The van der Waals surface area contributed by atoms with Crippen LogP contribution < -0.4 is 4.90 Å². The van der Waals surface area contributed by atoms with E-state index < -0.39 is 0 Å². The summed E-state index contributed by atoms with van der Waals surface area (Å²) in [6.45, 7) is 15.8. The molecule has 3 heterocycles. The number of ether oxygens (including phenoxy) is 1. The molecule has 0 spiro atoms. The van der Waals surface area contributed by atoms with Gasteiger partial charge in [0, 0.05) is 43.2 Å². The summed E-state index contributed by atoms with van der Waals surface area (Å²) < 4.78 is 5.52. The monoisotopic (exact) mass is 439 g/mol. The standard InChI is InChI=1S/C26H37N3OS/c1-25(2)9-10-26(3,4)22-17-19(5-6-21(22)25)23-18-31-24(27-23)29-11-7-20(8-12-29)28-13-15-30-16-14-28/h5-6,17-18,20H,7-16H2,1-4H3. The van der Waals surface area contributed by atoms with Crippen molar-refractivity contribution in [2.24, 2.45) is 0 Å². The van der Waals surface area contributed by atoms with Gasteiger partial charge in [0.05, 0.1) is 18.9 Å². The van der Waals surface area contributed by atoms with E-state index in [1.807, 2.05) is 0 Å². The number of rotatable bonds is 3. The molecule has 2 fully saturated rings. The highest BCUT2D eigenvalue weighted by molar-refractivity contribution is 7.14. The zero-order valence-electron chi connectivity index (χ0n) is 19.6. The molecule has 2 saturated heterocycles. The number of aromatic nitrogens is 1. The molecule has 1 aromatic heterocycles. The first-order chi connectivity index (χ1) is 14.8. The molecule has 0 atom stereocenters. The lowest BCUT2D eigenvalue weighted by Crippen LogP contribution is -2.49. The van der Waals surface area contributed by atoms with Gasteiger partial charge in [0.15, 0.2) is 5.13 Å². The van der Waals surface area contributed by atoms with Crippen LogP contribution in [0, 0.1) is 0 Å². The van der Waals surface area contributed by atoms with Crippen LogP contribution >= 0.6 is 11.3 Å². The molecule has 5 heteroatoms. The van der Waals surface area contributed by atoms with Crippen molar-refractivity contribution in [2.75, 3.05) is 44.3 Å². The maximum absolute atomic E-state index is 5.52. The van der Waals surface area contributed by atoms with Gasteiger partial charge in [-0.2, -0.15) is 0 Å². The van der Waals surface area contributed by atoms with Crippen LogP contribution in [-0.4, -0.2) is 55.3 Å². The van der Waals surface area contributed by atoms with Crippen molar-refractivity contribution in [1.82, 2.24) is 9.88 Å². The van der Waals surface area contributed by atoms with Gasteiger partial charge in [0.1, 0.15) is 0 Å². The number of hydrogen-bond donors (Lipinski definition) is 0. The van der Waals surface area contributed by atoms with Crippen LogP contribution in [0.2, 0.25) is 0 Å². The van der Waals surface area contributed by atoms with Gasteiger partial charge in [-0.1, -0.05) is 39.8 Å². The Morgan fingerprint density at radius 3 is 2.32 bits per heavy atom. The summed E-state index contributed by atoms with van der Waals surface area (Å²) in [5, 5.41) is 3.44. The average Bonchev–Trinajstić information content (AvgIpc) is 3.28. The van der Waals surface area contributed by atoms with Gasteiger partial charge >= 0.3 is 0 Å². The third-order valence-electron chi connectivity index (χ3n) is 7.94. The van der Waals surface area contributed by atoms with Crippen LogP contribution in [0.25, 0.3) is 11.3 Å². The summed E-state index contributed by atoms with van der Waals surface area (Å²) >= 11 is 1.81. The molecule has 1 aromatic carbocycles. The summed E-state index contributed by atoms with van der Waals surface area (Å²) in [6.07, 6.45) is 4.97. The van der Waals surface area contributed by atoms with E-state index in [4.69, 9.17) is 9.72 Å². The van der Waals surface area contributed by atoms with Gasteiger partial charge < -0.3 is 9.64 Å². The zero-order chi connectivity index (χ0) is 21.6. The second kappa shape index (κ2) is 8.17. The van der Waals surface area contributed by atoms with Gasteiger partial charge in [-0.05, 0) is 53.7 Å². The topological polar surface area (TPSA) is 28.6 Å². The SMILES string of the molecule is CC1(C)CCC(C)(C)c2cc(-c3csc(N4CCC(N5CCOCC5)CC4)n3)ccc21. The zero-order valence-corrected chi connectivity index (χ0v) is 20.4. The summed E-state index contributed by atoms with van der Waals surface area (Å²) in [4.78, 5) is 10.2. The second-order valence-corrected chi connectivity index (χ2v) is 11.7. The number of piperidine rings is 1. The van der Waals surface area contributed by atoms with E-state index in [1.54, 1.807) is 11.3 Å². The van der Waals surface area contributed by atoms with Crippen LogP contribution in [0.3, 0.4) is 0 Å². The average molecular weight is 440 g/mol. The molecule has 3 aliphatic rings. The normalized spacial score (nSPS) is 24.2. The van der Waals surface area contributed by atoms with Gasteiger partial charge in [-0.3, -0.25) is 4.90 Å². The fourth-order valence-electron chi connectivity index (χ4n) is 5.66. The summed E-state index contributed by atoms with van der Waals surface area (Å²) in [6, 6.07) is 7.81.